The molecule has 2 unspecified atom stereocenters. The van der Waals surface area contributed by atoms with Gasteiger partial charge < -0.3 is 20.5 Å². The SMILES string of the molecule is O=C(NC(C(=O)NC(CC1CC1)C(=O)O)c1cccs1)OCC1c2ccccc2-c2ccccc21. The Labute approximate surface area is 207 Å². The molecule has 180 valence electrons. The molecule has 5 rings (SSSR count). The molecular weight excluding hydrogens is 464 g/mol. The van der Waals surface area contributed by atoms with Crippen molar-refractivity contribution in [2.45, 2.75) is 37.3 Å². The van der Waals surface area contributed by atoms with Crippen LogP contribution in [0.15, 0.2) is 66.0 Å². The largest absolute Gasteiger partial charge is 0.480 e. The van der Waals surface area contributed by atoms with E-state index in [-0.39, 0.29) is 12.5 Å². The van der Waals surface area contributed by atoms with Gasteiger partial charge in [0.05, 0.1) is 0 Å². The summed E-state index contributed by atoms with van der Waals surface area (Å²) in [7, 11) is 0. The molecule has 0 spiro atoms. The third-order valence-corrected chi connectivity index (χ3v) is 7.51. The van der Waals surface area contributed by atoms with Crippen LogP contribution in [-0.4, -0.2) is 35.7 Å². The van der Waals surface area contributed by atoms with Gasteiger partial charge in [-0.25, -0.2) is 9.59 Å². The highest BCUT2D eigenvalue weighted by molar-refractivity contribution is 7.10. The van der Waals surface area contributed by atoms with Gasteiger partial charge in [0.2, 0.25) is 5.91 Å². The first-order valence-electron chi connectivity index (χ1n) is 11.7. The predicted molar refractivity (Wildman–Crippen MR) is 132 cm³/mol. The van der Waals surface area contributed by atoms with E-state index in [4.69, 9.17) is 4.74 Å². The van der Waals surface area contributed by atoms with Crippen LogP contribution < -0.4 is 10.6 Å². The third-order valence-electron chi connectivity index (χ3n) is 6.58. The van der Waals surface area contributed by atoms with E-state index in [9.17, 15) is 19.5 Å². The van der Waals surface area contributed by atoms with E-state index in [1.165, 1.54) is 11.3 Å². The molecule has 0 bridgehead atoms. The summed E-state index contributed by atoms with van der Waals surface area (Å²) >= 11 is 1.31. The maximum Gasteiger partial charge on any atom is 0.408 e. The minimum Gasteiger partial charge on any atom is -0.480 e. The Morgan fingerprint density at radius 1 is 0.943 bits per heavy atom. The number of thiophene rings is 1. The lowest BCUT2D eigenvalue weighted by molar-refractivity contribution is -0.142. The molecule has 1 heterocycles. The number of alkyl carbamates (subject to hydrolysis) is 1. The van der Waals surface area contributed by atoms with Gasteiger partial charge in [-0.05, 0) is 46.0 Å². The molecule has 0 aliphatic heterocycles. The molecule has 35 heavy (non-hydrogen) atoms. The third kappa shape index (κ3) is 5.07. The molecule has 2 atom stereocenters. The van der Waals surface area contributed by atoms with E-state index in [0.717, 1.165) is 35.1 Å². The van der Waals surface area contributed by atoms with Gasteiger partial charge in [-0.2, -0.15) is 0 Å². The van der Waals surface area contributed by atoms with Crippen LogP contribution in [0.4, 0.5) is 4.79 Å². The summed E-state index contributed by atoms with van der Waals surface area (Å²) in [5.74, 6) is -1.41. The maximum atomic E-state index is 13.0. The molecule has 7 nitrogen and oxygen atoms in total. The van der Waals surface area contributed by atoms with Gasteiger partial charge in [-0.15, -0.1) is 11.3 Å². The van der Waals surface area contributed by atoms with Gasteiger partial charge in [0.15, 0.2) is 0 Å². The van der Waals surface area contributed by atoms with Crippen LogP contribution in [0.5, 0.6) is 0 Å². The Morgan fingerprint density at radius 2 is 1.60 bits per heavy atom. The summed E-state index contributed by atoms with van der Waals surface area (Å²) in [4.78, 5) is 38.1. The van der Waals surface area contributed by atoms with Gasteiger partial charge in [-0.1, -0.05) is 67.4 Å². The second kappa shape index (κ2) is 9.92. The zero-order chi connectivity index (χ0) is 24.4. The Balaban J connectivity index is 1.27. The van der Waals surface area contributed by atoms with Crippen molar-refractivity contribution < 1.29 is 24.2 Å². The first-order chi connectivity index (χ1) is 17.0. The van der Waals surface area contributed by atoms with E-state index >= 15 is 0 Å². The zero-order valence-corrected chi connectivity index (χ0v) is 19.8. The number of carbonyl (C=O) groups is 3. The normalized spacial score (nSPS) is 16.0. The molecule has 0 radical (unpaired) electrons. The average molecular weight is 491 g/mol. The highest BCUT2D eigenvalue weighted by atomic mass is 32.1. The van der Waals surface area contributed by atoms with Crippen molar-refractivity contribution in [3.63, 3.8) is 0 Å². The summed E-state index contributed by atoms with van der Waals surface area (Å²) in [6, 6.07) is 17.6. The number of hydrogen-bond acceptors (Lipinski definition) is 5. The fourth-order valence-electron chi connectivity index (χ4n) is 4.64. The lowest BCUT2D eigenvalue weighted by Gasteiger charge is -2.21. The molecule has 2 aromatic carbocycles. The second-order valence-electron chi connectivity index (χ2n) is 9.00. The fourth-order valence-corrected chi connectivity index (χ4v) is 5.42. The number of ether oxygens (including phenoxy) is 1. The molecule has 2 aliphatic rings. The highest BCUT2D eigenvalue weighted by Crippen LogP contribution is 2.44. The number of benzene rings is 2. The molecule has 2 aliphatic carbocycles. The minimum absolute atomic E-state index is 0.0999. The molecular formula is C27H26N2O5S. The Bertz CT molecular complexity index is 1190. The monoisotopic (exact) mass is 490 g/mol. The number of amides is 2. The van der Waals surface area contributed by atoms with Crippen LogP contribution in [0, 0.1) is 5.92 Å². The van der Waals surface area contributed by atoms with E-state index in [2.05, 4.69) is 22.8 Å². The van der Waals surface area contributed by atoms with Gasteiger partial charge in [0, 0.05) is 10.8 Å². The van der Waals surface area contributed by atoms with Crippen LogP contribution in [0.25, 0.3) is 11.1 Å². The molecule has 3 N–H and O–H groups in total. The van der Waals surface area contributed by atoms with Crippen molar-refractivity contribution in [3.8, 4) is 11.1 Å². The van der Waals surface area contributed by atoms with Gasteiger partial charge >= 0.3 is 12.1 Å². The summed E-state index contributed by atoms with van der Waals surface area (Å²) in [6.07, 6.45) is 1.62. The summed E-state index contributed by atoms with van der Waals surface area (Å²) in [5, 5.41) is 16.6. The minimum atomic E-state index is -1.07. The van der Waals surface area contributed by atoms with Crippen LogP contribution >= 0.6 is 11.3 Å². The Hall–Kier alpha value is -3.65. The van der Waals surface area contributed by atoms with Crippen LogP contribution in [-0.2, 0) is 14.3 Å². The lowest BCUT2D eigenvalue weighted by Crippen LogP contribution is -2.47. The number of hydrogen-bond donors (Lipinski definition) is 3. The highest BCUT2D eigenvalue weighted by Gasteiger charge is 2.34. The Morgan fingerprint density at radius 3 is 2.17 bits per heavy atom. The number of fused-ring (bicyclic) bond motifs is 3. The van der Waals surface area contributed by atoms with Crippen LogP contribution in [0.1, 0.15) is 47.2 Å². The predicted octanol–water partition coefficient (Wildman–Crippen LogP) is 4.70. The van der Waals surface area contributed by atoms with E-state index in [0.29, 0.717) is 17.2 Å². The summed E-state index contributed by atoms with van der Waals surface area (Å²) in [5.41, 5.74) is 4.45. The number of nitrogens with one attached hydrogen (secondary N) is 2. The number of carboxylic acids is 1. The standard InChI is InChI=1S/C27H26N2O5S/c30-25(28-22(26(31)32)14-16-11-12-16)24(23-10-5-13-35-23)29-27(33)34-15-21-19-8-3-1-6-17(19)18-7-2-4-9-20(18)21/h1-10,13,16,21-22,24H,11-12,14-15H2,(H,28,30)(H,29,33)(H,31,32). The zero-order valence-electron chi connectivity index (χ0n) is 19.0. The smallest absolute Gasteiger partial charge is 0.408 e. The number of aliphatic carboxylic acids is 1. The molecule has 0 saturated heterocycles. The van der Waals surface area contributed by atoms with Crippen molar-refractivity contribution in [1.82, 2.24) is 10.6 Å². The Kier molecular flexibility index (Phi) is 6.55. The molecule has 3 aromatic rings. The van der Waals surface area contributed by atoms with Crippen molar-refractivity contribution in [3.05, 3.63) is 82.0 Å². The summed E-state index contributed by atoms with van der Waals surface area (Å²) in [6.45, 7) is 0.123. The average Bonchev–Trinajstić information content (AvgIpc) is 3.40. The van der Waals surface area contributed by atoms with Crippen molar-refractivity contribution in [2.75, 3.05) is 6.61 Å². The number of carbonyl (C=O) groups excluding carboxylic acids is 2. The topological polar surface area (TPSA) is 105 Å². The maximum absolute atomic E-state index is 13.0. The number of rotatable bonds is 9. The van der Waals surface area contributed by atoms with Crippen LogP contribution in [0.2, 0.25) is 0 Å². The number of carboxylic acid groups (broad SMARTS) is 1. The quantitative estimate of drug-likeness (QED) is 0.403. The molecule has 2 amide bonds. The molecule has 1 aromatic heterocycles. The molecule has 1 saturated carbocycles. The van der Waals surface area contributed by atoms with Gasteiger partial charge in [-0.3, -0.25) is 4.79 Å². The van der Waals surface area contributed by atoms with Crippen LogP contribution in [0.3, 0.4) is 0 Å². The van der Waals surface area contributed by atoms with Crippen molar-refractivity contribution in [1.29, 1.82) is 0 Å². The molecule has 8 heteroatoms. The van der Waals surface area contributed by atoms with E-state index < -0.39 is 30.1 Å². The van der Waals surface area contributed by atoms with Crippen molar-refractivity contribution >= 4 is 29.3 Å². The van der Waals surface area contributed by atoms with Gasteiger partial charge in [0.25, 0.3) is 0 Å². The van der Waals surface area contributed by atoms with Gasteiger partial charge in [0.1, 0.15) is 18.7 Å². The first kappa shape index (κ1) is 23.1. The molecule has 1 fully saturated rings. The fraction of sp³-hybridized carbons (Fsp3) is 0.296. The van der Waals surface area contributed by atoms with E-state index in [1.54, 1.807) is 17.5 Å². The van der Waals surface area contributed by atoms with E-state index in [1.807, 2.05) is 36.4 Å². The summed E-state index contributed by atoms with van der Waals surface area (Å²) < 4.78 is 5.60. The first-order valence-corrected chi connectivity index (χ1v) is 12.6. The van der Waals surface area contributed by atoms with Crippen molar-refractivity contribution in [2.24, 2.45) is 5.92 Å². The second-order valence-corrected chi connectivity index (χ2v) is 9.98. The lowest BCUT2D eigenvalue weighted by atomic mass is 9.98.